The van der Waals surface area contributed by atoms with Crippen molar-refractivity contribution in [1.82, 2.24) is 10.2 Å². The standard InChI is InChI=1S/C15H22N2O/c1-14-8-13(18)15(2,16-14)11-17(10-14)9-12-6-4-3-5-7-12/h3-7,13,16,18H,8-11H2,1-2H3/t13?,14-,15?/m0/s1. The highest BCUT2D eigenvalue weighted by Crippen LogP contribution is 2.37. The zero-order valence-electron chi connectivity index (χ0n) is 11.2. The number of aliphatic hydroxyl groups is 1. The van der Waals surface area contributed by atoms with Crippen molar-refractivity contribution in [2.45, 2.75) is 44.0 Å². The van der Waals surface area contributed by atoms with E-state index in [1.54, 1.807) is 0 Å². The van der Waals surface area contributed by atoms with Gasteiger partial charge in [0.2, 0.25) is 0 Å². The van der Waals surface area contributed by atoms with Gasteiger partial charge in [0.25, 0.3) is 0 Å². The van der Waals surface area contributed by atoms with Crippen LogP contribution in [0.3, 0.4) is 0 Å². The number of nitrogens with one attached hydrogen (secondary N) is 1. The molecule has 0 radical (unpaired) electrons. The summed E-state index contributed by atoms with van der Waals surface area (Å²) in [6.45, 7) is 7.26. The van der Waals surface area contributed by atoms with Crippen LogP contribution in [0.5, 0.6) is 0 Å². The van der Waals surface area contributed by atoms with E-state index in [0.29, 0.717) is 0 Å². The molecule has 2 unspecified atom stereocenters. The number of benzene rings is 1. The van der Waals surface area contributed by atoms with Crippen LogP contribution in [-0.4, -0.2) is 40.3 Å². The second kappa shape index (κ2) is 4.05. The summed E-state index contributed by atoms with van der Waals surface area (Å²) >= 11 is 0. The summed E-state index contributed by atoms with van der Waals surface area (Å²) in [5, 5.41) is 13.8. The lowest BCUT2D eigenvalue weighted by atomic mass is 9.96. The number of aliphatic hydroxyl groups excluding tert-OH is 1. The van der Waals surface area contributed by atoms with Crippen molar-refractivity contribution >= 4 is 0 Å². The van der Waals surface area contributed by atoms with Crippen molar-refractivity contribution in [3.8, 4) is 0 Å². The lowest BCUT2D eigenvalue weighted by Crippen LogP contribution is -2.64. The molecule has 18 heavy (non-hydrogen) atoms. The third-order valence-corrected chi connectivity index (χ3v) is 4.34. The Labute approximate surface area is 109 Å². The van der Waals surface area contributed by atoms with Crippen molar-refractivity contribution in [2.24, 2.45) is 0 Å². The summed E-state index contributed by atoms with van der Waals surface area (Å²) in [4.78, 5) is 2.46. The van der Waals surface area contributed by atoms with E-state index >= 15 is 0 Å². The Morgan fingerprint density at radius 3 is 2.67 bits per heavy atom. The van der Waals surface area contributed by atoms with E-state index < -0.39 is 0 Å². The van der Waals surface area contributed by atoms with E-state index in [9.17, 15) is 5.11 Å². The first-order chi connectivity index (χ1) is 8.49. The van der Waals surface area contributed by atoms with Crippen LogP contribution in [0.15, 0.2) is 30.3 Å². The van der Waals surface area contributed by atoms with Gasteiger partial charge in [0.1, 0.15) is 0 Å². The normalized spacial score (nSPS) is 40.1. The fraction of sp³-hybridized carbons (Fsp3) is 0.600. The van der Waals surface area contributed by atoms with E-state index in [1.807, 2.05) is 0 Å². The van der Waals surface area contributed by atoms with E-state index in [2.05, 4.69) is 54.4 Å². The highest BCUT2D eigenvalue weighted by molar-refractivity contribution is 5.18. The Morgan fingerprint density at radius 1 is 1.28 bits per heavy atom. The second-order valence-electron chi connectivity index (χ2n) is 6.45. The Hall–Kier alpha value is -0.900. The average Bonchev–Trinajstić information content (AvgIpc) is 2.44. The van der Waals surface area contributed by atoms with Crippen molar-refractivity contribution in [3.05, 3.63) is 35.9 Å². The van der Waals surface area contributed by atoms with Gasteiger partial charge in [-0.25, -0.2) is 0 Å². The zero-order valence-corrected chi connectivity index (χ0v) is 11.2. The molecule has 0 saturated carbocycles. The molecule has 0 spiro atoms. The predicted octanol–water partition coefficient (Wildman–Crippen LogP) is 1.37. The molecule has 2 bridgehead atoms. The summed E-state index contributed by atoms with van der Waals surface area (Å²) in [6.07, 6.45) is 0.623. The highest BCUT2D eigenvalue weighted by Gasteiger charge is 2.53. The first kappa shape index (κ1) is 12.2. The number of fused-ring (bicyclic) bond motifs is 2. The Morgan fingerprint density at radius 2 is 2.00 bits per heavy atom. The predicted molar refractivity (Wildman–Crippen MR) is 72.3 cm³/mol. The van der Waals surface area contributed by atoms with E-state index in [0.717, 1.165) is 26.1 Å². The Balaban J connectivity index is 1.76. The molecule has 2 N–H and O–H groups in total. The molecule has 2 heterocycles. The molecule has 0 aromatic heterocycles. The van der Waals surface area contributed by atoms with E-state index in [4.69, 9.17) is 0 Å². The van der Waals surface area contributed by atoms with Gasteiger partial charge in [-0.1, -0.05) is 30.3 Å². The number of nitrogens with zero attached hydrogens (tertiary/aromatic N) is 1. The van der Waals surface area contributed by atoms with Gasteiger partial charge in [-0.2, -0.15) is 0 Å². The summed E-state index contributed by atoms with van der Waals surface area (Å²) in [7, 11) is 0. The SMILES string of the molecule is CC12CN(Cc3ccccc3)C[C@](C)(CC1O)N2. The molecular weight excluding hydrogens is 224 g/mol. The second-order valence-corrected chi connectivity index (χ2v) is 6.45. The molecule has 1 aromatic carbocycles. The molecule has 98 valence electrons. The Bertz CT molecular complexity index is 435. The molecule has 2 fully saturated rings. The van der Waals surface area contributed by atoms with Crippen molar-refractivity contribution in [1.29, 1.82) is 0 Å². The molecule has 3 nitrogen and oxygen atoms in total. The van der Waals surface area contributed by atoms with Crippen LogP contribution in [0.4, 0.5) is 0 Å². The van der Waals surface area contributed by atoms with Gasteiger partial charge in [-0.15, -0.1) is 0 Å². The van der Waals surface area contributed by atoms with Gasteiger partial charge in [-0.3, -0.25) is 4.90 Å². The van der Waals surface area contributed by atoms with Crippen molar-refractivity contribution in [3.63, 3.8) is 0 Å². The minimum absolute atomic E-state index is 0.0567. The van der Waals surface area contributed by atoms with E-state index in [-0.39, 0.29) is 17.2 Å². The van der Waals surface area contributed by atoms with Gasteiger partial charge in [0.15, 0.2) is 0 Å². The maximum atomic E-state index is 10.2. The number of rotatable bonds is 2. The molecule has 0 amide bonds. The van der Waals surface area contributed by atoms with Crippen molar-refractivity contribution in [2.75, 3.05) is 13.1 Å². The fourth-order valence-electron chi connectivity index (χ4n) is 3.69. The summed E-state index contributed by atoms with van der Waals surface area (Å²) < 4.78 is 0. The first-order valence-corrected chi connectivity index (χ1v) is 6.73. The molecule has 2 aliphatic rings. The van der Waals surface area contributed by atoms with Gasteiger partial charge in [0, 0.05) is 25.2 Å². The van der Waals surface area contributed by atoms with Crippen LogP contribution in [0.2, 0.25) is 0 Å². The number of piperazine rings is 1. The lowest BCUT2D eigenvalue weighted by molar-refractivity contribution is 0.0572. The van der Waals surface area contributed by atoms with Crippen LogP contribution in [0.25, 0.3) is 0 Å². The molecule has 3 atom stereocenters. The summed E-state index contributed by atoms with van der Waals surface area (Å²) in [6, 6.07) is 10.6. The van der Waals surface area contributed by atoms with Crippen LogP contribution in [-0.2, 0) is 6.54 Å². The van der Waals surface area contributed by atoms with Gasteiger partial charge in [-0.05, 0) is 25.8 Å². The van der Waals surface area contributed by atoms with Crippen LogP contribution in [0.1, 0.15) is 25.8 Å². The maximum absolute atomic E-state index is 10.2. The molecule has 3 heteroatoms. The summed E-state index contributed by atoms with van der Waals surface area (Å²) in [5.74, 6) is 0. The molecular formula is C15H22N2O. The van der Waals surface area contributed by atoms with Crippen LogP contribution < -0.4 is 5.32 Å². The molecule has 2 aliphatic heterocycles. The van der Waals surface area contributed by atoms with Gasteiger partial charge in [0.05, 0.1) is 11.6 Å². The minimum atomic E-state index is -0.233. The van der Waals surface area contributed by atoms with E-state index in [1.165, 1.54) is 5.56 Å². The van der Waals surface area contributed by atoms with Crippen molar-refractivity contribution < 1.29 is 5.11 Å². The lowest BCUT2D eigenvalue weighted by Gasteiger charge is -2.44. The molecule has 3 rings (SSSR count). The monoisotopic (exact) mass is 246 g/mol. The first-order valence-electron chi connectivity index (χ1n) is 6.73. The quantitative estimate of drug-likeness (QED) is 0.827. The van der Waals surface area contributed by atoms with Gasteiger partial charge < -0.3 is 10.4 Å². The minimum Gasteiger partial charge on any atom is -0.391 e. The average molecular weight is 246 g/mol. The smallest absolute Gasteiger partial charge is 0.0749 e. The third kappa shape index (κ3) is 2.07. The highest BCUT2D eigenvalue weighted by atomic mass is 16.3. The van der Waals surface area contributed by atoms with Crippen LogP contribution >= 0.6 is 0 Å². The topological polar surface area (TPSA) is 35.5 Å². The Kier molecular flexibility index (Phi) is 2.73. The molecule has 0 aliphatic carbocycles. The number of hydrogen-bond acceptors (Lipinski definition) is 3. The summed E-state index contributed by atoms with van der Waals surface area (Å²) in [5.41, 5.74) is 1.25. The number of likely N-dealkylation sites (tertiary alicyclic amines) is 1. The van der Waals surface area contributed by atoms with Crippen LogP contribution in [0, 0.1) is 0 Å². The molecule has 2 saturated heterocycles. The third-order valence-electron chi connectivity index (χ3n) is 4.34. The zero-order chi connectivity index (χ0) is 12.8. The fourth-order valence-corrected chi connectivity index (χ4v) is 3.69. The maximum Gasteiger partial charge on any atom is 0.0749 e. The molecule has 1 aromatic rings. The van der Waals surface area contributed by atoms with Gasteiger partial charge >= 0.3 is 0 Å². The largest absolute Gasteiger partial charge is 0.391 e. The number of hydrogen-bond donors (Lipinski definition) is 2.